The second kappa shape index (κ2) is 6.04. The Morgan fingerprint density at radius 2 is 2.22 bits per heavy atom. The average Bonchev–Trinajstić information content (AvgIpc) is 2.39. The summed E-state index contributed by atoms with van der Waals surface area (Å²) in [5.74, 6) is 6.57. The van der Waals surface area contributed by atoms with E-state index in [1.165, 1.54) is 5.56 Å². The molecule has 1 saturated heterocycles. The Hall–Kier alpha value is -1.30. The summed E-state index contributed by atoms with van der Waals surface area (Å²) in [6.45, 7) is 4.01. The van der Waals surface area contributed by atoms with Gasteiger partial charge < -0.3 is 9.64 Å². The molecule has 0 aliphatic carbocycles. The first-order valence-electron chi connectivity index (χ1n) is 6.48. The number of likely N-dealkylation sites (N-methyl/N-ethyl adjacent to an activating group) is 1. The van der Waals surface area contributed by atoms with Crippen LogP contribution in [0.15, 0.2) is 24.3 Å². The SMILES string of the molecule is CC#Cc1cccc([C@H]2CCN(C)C[C@@H]2OC)c1. The molecule has 0 N–H and O–H groups in total. The van der Waals surface area contributed by atoms with Crippen LogP contribution in [0.5, 0.6) is 0 Å². The summed E-state index contributed by atoms with van der Waals surface area (Å²) < 4.78 is 5.65. The summed E-state index contributed by atoms with van der Waals surface area (Å²) in [5, 5.41) is 0. The molecule has 96 valence electrons. The van der Waals surface area contributed by atoms with Crippen molar-refractivity contribution in [3.05, 3.63) is 35.4 Å². The Kier molecular flexibility index (Phi) is 4.41. The lowest BCUT2D eigenvalue weighted by Gasteiger charge is -2.36. The molecular weight excluding hydrogens is 222 g/mol. The number of hydrogen-bond donors (Lipinski definition) is 0. The number of nitrogens with zero attached hydrogens (tertiary/aromatic N) is 1. The van der Waals surface area contributed by atoms with Gasteiger partial charge in [-0.3, -0.25) is 0 Å². The van der Waals surface area contributed by atoms with E-state index >= 15 is 0 Å². The summed E-state index contributed by atoms with van der Waals surface area (Å²) in [7, 11) is 3.97. The molecule has 1 aliphatic rings. The average molecular weight is 243 g/mol. The zero-order valence-corrected chi connectivity index (χ0v) is 11.4. The Morgan fingerprint density at radius 3 is 2.94 bits per heavy atom. The van der Waals surface area contributed by atoms with Gasteiger partial charge >= 0.3 is 0 Å². The van der Waals surface area contributed by atoms with Crippen LogP contribution in [-0.4, -0.2) is 38.3 Å². The zero-order valence-electron chi connectivity index (χ0n) is 11.4. The number of ether oxygens (including phenoxy) is 1. The minimum Gasteiger partial charge on any atom is -0.379 e. The molecule has 1 aliphatic heterocycles. The van der Waals surface area contributed by atoms with E-state index in [9.17, 15) is 0 Å². The molecular formula is C16H21NO. The molecule has 2 atom stereocenters. The van der Waals surface area contributed by atoms with E-state index in [2.05, 4.69) is 48.1 Å². The van der Waals surface area contributed by atoms with Gasteiger partial charge in [-0.2, -0.15) is 0 Å². The van der Waals surface area contributed by atoms with Gasteiger partial charge in [-0.1, -0.05) is 18.1 Å². The molecule has 0 unspecified atom stereocenters. The van der Waals surface area contributed by atoms with Gasteiger partial charge in [-0.25, -0.2) is 0 Å². The maximum Gasteiger partial charge on any atom is 0.0766 e. The van der Waals surface area contributed by atoms with Gasteiger partial charge in [0.05, 0.1) is 6.10 Å². The monoisotopic (exact) mass is 243 g/mol. The zero-order chi connectivity index (χ0) is 13.0. The molecule has 1 fully saturated rings. The van der Waals surface area contributed by atoms with Crippen molar-refractivity contribution in [2.24, 2.45) is 0 Å². The molecule has 0 saturated carbocycles. The highest BCUT2D eigenvalue weighted by atomic mass is 16.5. The fraction of sp³-hybridized carbons (Fsp3) is 0.500. The number of likely N-dealkylation sites (tertiary alicyclic amines) is 1. The first-order valence-corrected chi connectivity index (χ1v) is 6.48. The standard InChI is InChI=1S/C16H21NO/c1-4-6-13-7-5-8-14(11-13)15-9-10-17(2)12-16(15)18-3/h5,7-8,11,15-16H,9-10,12H2,1-3H3/t15-,16+/m1/s1. The van der Waals surface area contributed by atoms with Gasteiger partial charge in [0.2, 0.25) is 0 Å². The Balaban J connectivity index is 2.23. The molecule has 2 heteroatoms. The van der Waals surface area contributed by atoms with Gasteiger partial charge in [-0.05, 0) is 44.6 Å². The number of piperidine rings is 1. The minimum atomic E-state index is 0.286. The van der Waals surface area contributed by atoms with Crippen LogP contribution in [0.4, 0.5) is 0 Å². The first kappa shape index (κ1) is 13.1. The van der Waals surface area contributed by atoms with Crippen molar-refractivity contribution in [1.82, 2.24) is 4.90 Å². The molecule has 0 amide bonds. The van der Waals surface area contributed by atoms with E-state index < -0.39 is 0 Å². The Morgan fingerprint density at radius 1 is 1.39 bits per heavy atom. The van der Waals surface area contributed by atoms with Crippen molar-refractivity contribution in [2.75, 3.05) is 27.2 Å². The van der Waals surface area contributed by atoms with Crippen molar-refractivity contribution in [1.29, 1.82) is 0 Å². The quantitative estimate of drug-likeness (QED) is 0.740. The number of rotatable bonds is 2. The van der Waals surface area contributed by atoms with E-state index in [-0.39, 0.29) is 6.10 Å². The van der Waals surface area contributed by atoms with Crippen LogP contribution in [0.3, 0.4) is 0 Å². The van der Waals surface area contributed by atoms with Crippen LogP contribution in [0, 0.1) is 11.8 Å². The van der Waals surface area contributed by atoms with E-state index in [1.54, 1.807) is 0 Å². The predicted octanol–water partition coefficient (Wildman–Crippen LogP) is 2.49. The predicted molar refractivity (Wildman–Crippen MR) is 74.6 cm³/mol. The van der Waals surface area contributed by atoms with E-state index in [0.717, 1.165) is 25.1 Å². The lowest BCUT2D eigenvalue weighted by Crippen LogP contribution is -2.41. The third-order valence-electron chi connectivity index (χ3n) is 3.65. The summed E-state index contributed by atoms with van der Waals surface area (Å²) in [6.07, 6.45) is 1.44. The van der Waals surface area contributed by atoms with Crippen LogP contribution in [0.2, 0.25) is 0 Å². The molecule has 0 spiro atoms. The summed E-state index contributed by atoms with van der Waals surface area (Å²) >= 11 is 0. The number of benzene rings is 1. The highest BCUT2D eigenvalue weighted by molar-refractivity contribution is 5.38. The molecule has 18 heavy (non-hydrogen) atoms. The van der Waals surface area contributed by atoms with Crippen LogP contribution in [0.25, 0.3) is 0 Å². The second-order valence-electron chi connectivity index (χ2n) is 4.93. The van der Waals surface area contributed by atoms with E-state index in [1.807, 2.05) is 14.0 Å². The minimum absolute atomic E-state index is 0.286. The van der Waals surface area contributed by atoms with Crippen molar-refractivity contribution in [3.63, 3.8) is 0 Å². The summed E-state index contributed by atoms with van der Waals surface area (Å²) in [4.78, 5) is 2.33. The van der Waals surface area contributed by atoms with Crippen molar-refractivity contribution < 1.29 is 4.74 Å². The molecule has 2 rings (SSSR count). The largest absolute Gasteiger partial charge is 0.379 e. The third-order valence-corrected chi connectivity index (χ3v) is 3.65. The lowest BCUT2D eigenvalue weighted by molar-refractivity contribution is 0.0233. The first-order chi connectivity index (χ1) is 8.74. The summed E-state index contributed by atoms with van der Waals surface area (Å²) in [6, 6.07) is 8.57. The third kappa shape index (κ3) is 2.93. The normalized spacial score (nSPS) is 24.4. The fourth-order valence-corrected chi connectivity index (χ4v) is 2.68. The van der Waals surface area contributed by atoms with Gasteiger partial charge in [0.25, 0.3) is 0 Å². The highest BCUT2D eigenvalue weighted by Gasteiger charge is 2.28. The van der Waals surface area contributed by atoms with Gasteiger partial charge in [-0.15, -0.1) is 5.92 Å². The van der Waals surface area contributed by atoms with Crippen molar-refractivity contribution in [2.45, 2.75) is 25.4 Å². The molecule has 1 heterocycles. The topological polar surface area (TPSA) is 12.5 Å². The highest BCUT2D eigenvalue weighted by Crippen LogP contribution is 2.29. The van der Waals surface area contributed by atoms with Crippen LogP contribution < -0.4 is 0 Å². The number of hydrogen-bond acceptors (Lipinski definition) is 2. The van der Waals surface area contributed by atoms with Gasteiger partial charge in [0.1, 0.15) is 0 Å². The number of methoxy groups -OCH3 is 1. The summed E-state index contributed by atoms with van der Waals surface area (Å²) in [5.41, 5.74) is 2.46. The Labute approximate surface area is 110 Å². The van der Waals surface area contributed by atoms with Crippen LogP contribution in [-0.2, 0) is 4.74 Å². The van der Waals surface area contributed by atoms with Crippen molar-refractivity contribution >= 4 is 0 Å². The molecule has 0 radical (unpaired) electrons. The molecule has 1 aromatic carbocycles. The van der Waals surface area contributed by atoms with Crippen LogP contribution >= 0.6 is 0 Å². The molecule has 2 nitrogen and oxygen atoms in total. The lowest BCUT2D eigenvalue weighted by atomic mass is 9.86. The van der Waals surface area contributed by atoms with E-state index in [4.69, 9.17) is 4.74 Å². The molecule has 0 bridgehead atoms. The van der Waals surface area contributed by atoms with Crippen molar-refractivity contribution in [3.8, 4) is 11.8 Å². The van der Waals surface area contributed by atoms with E-state index in [0.29, 0.717) is 5.92 Å². The molecule has 1 aromatic rings. The smallest absolute Gasteiger partial charge is 0.0766 e. The maximum atomic E-state index is 5.65. The fourth-order valence-electron chi connectivity index (χ4n) is 2.68. The Bertz CT molecular complexity index is 458. The van der Waals surface area contributed by atoms with Gasteiger partial charge in [0.15, 0.2) is 0 Å². The van der Waals surface area contributed by atoms with Gasteiger partial charge in [0, 0.05) is 25.1 Å². The maximum absolute atomic E-state index is 5.65. The second-order valence-corrected chi connectivity index (χ2v) is 4.93. The molecule has 0 aromatic heterocycles. The van der Waals surface area contributed by atoms with Crippen LogP contribution in [0.1, 0.15) is 30.4 Å².